The fourth-order valence-electron chi connectivity index (χ4n) is 2.06. The maximum Gasteiger partial charge on any atom is 0.412 e. The number of ether oxygens (including phenoxy) is 1. The van der Waals surface area contributed by atoms with Crippen LogP contribution in [0.4, 0.5) is 21.9 Å². The molecule has 0 aliphatic heterocycles. The third-order valence-electron chi connectivity index (χ3n) is 2.93. The molecule has 0 aliphatic rings. The van der Waals surface area contributed by atoms with Crippen LogP contribution in [0.1, 0.15) is 20.8 Å². The summed E-state index contributed by atoms with van der Waals surface area (Å²) in [5.41, 5.74) is 14.7. The Bertz CT molecular complexity index is 673. The maximum atomic E-state index is 12.0. The summed E-state index contributed by atoms with van der Waals surface area (Å²) < 4.78 is 5.28. The number of carbonyl (C=O) groups excluding carboxylic acids is 1. The standard InChI is InChI=1S/C17H21N3O2/c1-17(2,3)22-16(21)20-14-6-4-5-13(19)15(14)11-7-9-12(18)10-8-11/h4-10H,18-19H2,1-3H3,(H,20,21). The molecule has 2 rings (SSSR count). The third kappa shape index (κ3) is 3.91. The van der Waals surface area contributed by atoms with Crippen LogP contribution in [0.5, 0.6) is 0 Å². The highest BCUT2D eigenvalue weighted by Crippen LogP contribution is 2.34. The highest BCUT2D eigenvalue weighted by molar-refractivity contribution is 5.96. The van der Waals surface area contributed by atoms with E-state index in [2.05, 4.69) is 5.32 Å². The zero-order valence-corrected chi connectivity index (χ0v) is 13.0. The van der Waals surface area contributed by atoms with Gasteiger partial charge in [-0.2, -0.15) is 0 Å². The second-order valence-electron chi connectivity index (χ2n) is 6.02. The molecule has 0 saturated heterocycles. The van der Waals surface area contributed by atoms with Gasteiger partial charge >= 0.3 is 6.09 Å². The molecule has 5 N–H and O–H groups in total. The summed E-state index contributed by atoms with van der Waals surface area (Å²) in [6, 6.07) is 12.7. The minimum absolute atomic E-state index is 0.519. The fourth-order valence-corrected chi connectivity index (χ4v) is 2.06. The van der Waals surface area contributed by atoms with E-state index in [-0.39, 0.29) is 0 Å². The molecule has 0 unspecified atom stereocenters. The lowest BCUT2D eigenvalue weighted by atomic mass is 10.0. The largest absolute Gasteiger partial charge is 0.444 e. The molecular weight excluding hydrogens is 278 g/mol. The molecule has 5 nitrogen and oxygen atoms in total. The summed E-state index contributed by atoms with van der Waals surface area (Å²) in [7, 11) is 0. The molecule has 1 amide bonds. The third-order valence-corrected chi connectivity index (χ3v) is 2.93. The number of benzene rings is 2. The Morgan fingerprint density at radius 1 is 1.05 bits per heavy atom. The minimum atomic E-state index is -0.564. The van der Waals surface area contributed by atoms with E-state index in [1.54, 1.807) is 30.3 Å². The first-order valence-corrected chi connectivity index (χ1v) is 7.01. The minimum Gasteiger partial charge on any atom is -0.444 e. The molecule has 22 heavy (non-hydrogen) atoms. The van der Waals surface area contributed by atoms with Crippen LogP contribution < -0.4 is 16.8 Å². The van der Waals surface area contributed by atoms with E-state index in [4.69, 9.17) is 16.2 Å². The van der Waals surface area contributed by atoms with Crippen molar-refractivity contribution in [2.45, 2.75) is 26.4 Å². The predicted octanol–water partition coefficient (Wildman–Crippen LogP) is 3.87. The number of nitrogens with two attached hydrogens (primary N) is 2. The van der Waals surface area contributed by atoms with Crippen LogP contribution in [0.3, 0.4) is 0 Å². The molecule has 0 spiro atoms. The quantitative estimate of drug-likeness (QED) is 0.734. The number of hydrogen-bond acceptors (Lipinski definition) is 4. The molecule has 0 bridgehead atoms. The van der Waals surface area contributed by atoms with E-state index in [1.807, 2.05) is 32.9 Å². The summed E-state index contributed by atoms with van der Waals surface area (Å²) in [5.74, 6) is 0. The van der Waals surface area contributed by atoms with Crippen LogP contribution in [0.25, 0.3) is 11.1 Å². The highest BCUT2D eigenvalue weighted by Gasteiger charge is 2.18. The van der Waals surface area contributed by atoms with E-state index in [9.17, 15) is 4.79 Å². The van der Waals surface area contributed by atoms with Gasteiger partial charge in [-0.3, -0.25) is 5.32 Å². The number of rotatable bonds is 2. The fraction of sp³-hybridized carbons (Fsp3) is 0.235. The van der Waals surface area contributed by atoms with Gasteiger partial charge in [0, 0.05) is 16.9 Å². The van der Waals surface area contributed by atoms with Crippen LogP contribution in [0, 0.1) is 0 Å². The van der Waals surface area contributed by atoms with Crippen LogP contribution in [-0.4, -0.2) is 11.7 Å². The molecule has 2 aromatic carbocycles. The Labute approximate surface area is 130 Å². The average Bonchev–Trinajstić information content (AvgIpc) is 2.38. The van der Waals surface area contributed by atoms with Crippen molar-refractivity contribution in [2.75, 3.05) is 16.8 Å². The summed E-state index contributed by atoms with van der Waals surface area (Å²) in [6.07, 6.45) is -0.519. The van der Waals surface area contributed by atoms with Crippen LogP contribution >= 0.6 is 0 Å². The van der Waals surface area contributed by atoms with Crippen molar-refractivity contribution < 1.29 is 9.53 Å². The van der Waals surface area contributed by atoms with Gasteiger partial charge < -0.3 is 16.2 Å². The van der Waals surface area contributed by atoms with Crippen molar-refractivity contribution in [3.05, 3.63) is 42.5 Å². The number of anilines is 3. The van der Waals surface area contributed by atoms with Crippen molar-refractivity contribution in [3.8, 4) is 11.1 Å². The number of hydrogen-bond donors (Lipinski definition) is 3. The van der Waals surface area contributed by atoms with Gasteiger partial charge in [-0.05, 0) is 50.6 Å². The van der Waals surface area contributed by atoms with E-state index in [0.29, 0.717) is 17.1 Å². The highest BCUT2D eigenvalue weighted by atomic mass is 16.6. The molecule has 0 fully saturated rings. The molecule has 0 heterocycles. The summed E-state index contributed by atoms with van der Waals surface area (Å²) in [6.45, 7) is 5.44. The molecule has 2 aromatic rings. The van der Waals surface area contributed by atoms with Gasteiger partial charge in [0.05, 0.1) is 5.69 Å². The molecular formula is C17H21N3O2. The predicted molar refractivity (Wildman–Crippen MR) is 90.6 cm³/mol. The molecule has 0 aromatic heterocycles. The smallest absolute Gasteiger partial charge is 0.412 e. The SMILES string of the molecule is CC(C)(C)OC(=O)Nc1cccc(N)c1-c1ccc(N)cc1. The van der Waals surface area contributed by atoms with Crippen LogP contribution in [0.2, 0.25) is 0 Å². The first-order valence-electron chi connectivity index (χ1n) is 7.01. The van der Waals surface area contributed by atoms with Gasteiger partial charge in [0.15, 0.2) is 0 Å². The van der Waals surface area contributed by atoms with E-state index < -0.39 is 11.7 Å². The maximum absolute atomic E-state index is 12.0. The summed E-state index contributed by atoms with van der Waals surface area (Å²) in [4.78, 5) is 12.0. The Morgan fingerprint density at radius 2 is 1.68 bits per heavy atom. The first kappa shape index (κ1) is 15.7. The lowest BCUT2D eigenvalue weighted by Crippen LogP contribution is -2.27. The molecule has 0 atom stereocenters. The molecule has 5 heteroatoms. The van der Waals surface area contributed by atoms with Crippen molar-refractivity contribution in [3.63, 3.8) is 0 Å². The van der Waals surface area contributed by atoms with Crippen molar-refractivity contribution in [1.29, 1.82) is 0 Å². The lowest BCUT2D eigenvalue weighted by Gasteiger charge is -2.21. The number of carbonyl (C=O) groups is 1. The average molecular weight is 299 g/mol. The summed E-state index contributed by atoms with van der Waals surface area (Å²) >= 11 is 0. The van der Waals surface area contributed by atoms with Gasteiger partial charge in [-0.15, -0.1) is 0 Å². The van der Waals surface area contributed by atoms with Crippen molar-refractivity contribution >= 4 is 23.2 Å². The second-order valence-corrected chi connectivity index (χ2v) is 6.02. The Balaban J connectivity index is 2.35. The summed E-state index contributed by atoms with van der Waals surface area (Å²) in [5, 5.41) is 2.75. The Morgan fingerprint density at radius 3 is 2.27 bits per heavy atom. The van der Waals surface area contributed by atoms with Crippen LogP contribution in [-0.2, 0) is 4.74 Å². The number of nitrogen functional groups attached to an aromatic ring is 2. The zero-order valence-electron chi connectivity index (χ0n) is 13.0. The van der Waals surface area contributed by atoms with E-state index >= 15 is 0 Å². The lowest BCUT2D eigenvalue weighted by molar-refractivity contribution is 0.0636. The van der Waals surface area contributed by atoms with Gasteiger partial charge in [-0.1, -0.05) is 18.2 Å². The molecule has 0 saturated carbocycles. The zero-order chi connectivity index (χ0) is 16.3. The second kappa shape index (κ2) is 5.97. The van der Waals surface area contributed by atoms with Gasteiger partial charge in [-0.25, -0.2) is 4.79 Å². The van der Waals surface area contributed by atoms with Gasteiger partial charge in [0.2, 0.25) is 0 Å². The van der Waals surface area contributed by atoms with E-state index in [0.717, 1.165) is 11.1 Å². The Hall–Kier alpha value is -2.69. The van der Waals surface area contributed by atoms with Crippen molar-refractivity contribution in [2.24, 2.45) is 0 Å². The topological polar surface area (TPSA) is 90.4 Å². The monoisotopic (exact) mass is 299 g/mol. The normalized spacial score (nSPS) is 11.0. The van der Waals surface area contributed by atoms with Gasteiger partial charge in [0.1, 0.15) is 5.60 Å². The van der Waals surface area contributed by atoms with E-state index in [1.165, 1.54) is 0 Å². The van der Waals surface area contributed by atoms with Gasteiger partial charge in [0.25, 0.3) is 0 Å². The molecule has 0 aliphatic carbocycles. The first-order chi connectivity index (χ1) is 10.3. The number of amides is 1. The molecule has 0 radical (unpaired) electrons. The van der Waals surface area contributed by atoms with Crippen LogP contribution in [0.15, 0.2) is 42.5 Å². The van der Waals surface area contributed by atoms with Crippen molar-refractivity contribution in [1.82, 2.24) is 0 Å². The molecule has 116 valence electrons. The Kier molecular flexibility index (Phi) is 4.26. The number of nitrogens with one attached hydrogen (secondary N) is 1.